The summed E-state index contributed by atoms with van der Waals surface area (Å²) in [4.78, 5) is 4.08. The molecule has 1 saturated carbocycles. The van der Waals surface area contributed by atoms with E-state index in [4.69, 9.17) is 0 Å². The number of hydrogen-bond donors (Lipinski definition) is 3. The number of aromatic hydroxyl groups is 1. The van der Waals surface area contributed by atoms with E-state index in [0.29, 0.717) is 23.8 Å². The van der Waals surface area contributed by atoms with E-state index >= 15 is 0 Å². The SMILES string of the molecule is Cc1ncc(CO)c(CNC2CCCCCC2)c1O. The van der Waals surface area contributed by atoms with Crippen molar-refractivity contribution in [2.75, 3.05) is 0 Å². The molecule has 0 atom stereocenters. The van der Waals surface area contributed by atoms with Crippen LogP contribution < -0.4 is 5.32 Å². The molecule has 1 aromatic heterocycles. The Labute approximate surface area is 114 Å². The fourth-order valence-electron chi connectivity index (χ4n) is 2.75. The summed E-state index contributed by atoms with van der Waals surface area (Å²) in [6, 6.07) is 0.530. The molecular weight excluding hydrogens is 240 g/mol. The molecule has 19 heavy (non-hydrogen) atoms. The van der Waals surface area contributed by atoms with Gasteiger partial charge in [0.05, 0.1) is 12.3 Å². The van der Waals surface area contributed by atoms with Crippen LogP contribution in [-0.4, -0.2) is 21.2 Å². The van der Waals surface area contributed by atoms with E-state index in [-0.39, 0.29) is 12.4 Å². The summed E-state index contributed by atoms with van der Waals surface area (Å²) < 4.78 is 0. The van der Waals surface area contributed by atoms with E-state index in [1.165, 1.54) is 38.5 Å². The second kappa shape index (κ2) is 6.87. The minimum absolute atomic E-state index is 0.0808. The highest BCUT2D eigenvalue weighted by atomic mass is 16.3. The summed E-state index contributed by atoms with van der Waals surface area (Å²) in [6.45, 7) is 2.31. The molecule has 1 aromatic rings. The number of nitrogens with one attached hydrogen (secondary N) is 1. The first-order valence-electron chi connectivity index (χ1n) is 7.23. The molecule has 1 heterocycles. The Morgan fingerprint density at radius 1 is 1.26 bits per heavy atom. The van der Waals surface area contributed by atoms with E-state index in [9.17, 15) is 10.2 Å². The zero-order chi connectivity index (χ0) is 13.7. The van der Waals surface area contributed by atoms with Crippen molar-refractivity contribution in [3.63, 3.8) is 0 Å². The predicted octanol–water partition coefficient (Wildman–Crippen LogP) is 2.40. The van der Waals surface area contributed by atoms with E-state index in [2.05, 4.69) is 10.3 Å². The van der Waals surface area contributed by atoms with Gasteiger partial charge in [0.15, 0.2) is 0 Å². The highest BCUT2D eigenvalue weighted by Gasteiger charge is 2.15. The van der Waals surface area contributed by atoms with E-state index in [0.717, 1.165) is 5.56 Å². The van der Waals surface area contributed by atoms with Crippen LogP contribution in [0.1, 0.15) is 55.3 Å². The maximum absolute atomic E-state index is 10.1. The van der Waals surface area contributed by atoms with Gasteiger partial charge in [0.1, 0.15) is 5.75 Å². The minimum atomic E-state index is -0.0808. The Bertz CT molecular complexity index is 413. The van der Waals surface area contributed by atoms with E-state index < -0.39 is 0 Å². The zero-order valence-electron chi connectivity index (χ0n) is 11.7. The summed E-state index contributed by atoms with van der Waals surface area (Å²) in [5.41, 5.74) is 2.12. The van der Waals surface area contributed by atoms with Gasteiger partial charge in [-0.3, -0.25) is 4.98 Å². The standard InChI is InChI=1S/C15H24N2O2/c1-11-15(19)14(12(10-18)8-16-11)9-17-13-6-4-2-3-5-7-13/h8,13,17-19H,2-7,9-10H2,1H3. The van der Waals surface area contributed by atoms with Crippen LogP contribution in [0.3, 0.4) is 0 Å². The van der Waals surface area contributed by atoms with Gasteiger partial charge in [-0.1, -0.05) is 25.7 Å². The highest BCUT2D eigenvalue weighted by molar-refractivity contribution is 5.40. The molecule has 0 aromatic carbocycles. The Kier molecular flexibility index (Phi) is 5.16. The minimum Gasteiger partial charge on any atom is -0.506 e. The molecule has 0 aliphatic heterocycles. The van der Waals surface area contributed by atoms with E-state index in [1.54, 1.807) is 13.1 Å². The molecule has 1 aliphatic rings. The second-order valence-corrected chi connectivity index (χ2v) is 5.42. The molecule has 4 nitrogen and oxygen atoms in total. The molecule has 4 heteroatoms. The van der Waals surface area contributed by atoms with Crippen molar-refractivity contribution >= 4 is 0 Å². The smallest absolute Gasteiger partial charge is 0.141 e. The van der Waals surface area contributed by atoms with Crippen molar-refractivity contribution in [3.8, 4) is 5.75 Å². The maximum atomic E-state index is 10.1. The van der Waals surface area contributed by atoms with Crippen molar-refractivity contribution in [2.24, 2.45) is 0 Å². The largest absolute Gasteiger partial charge is 0.506 e. The lowest BCUT2D eigenvalue weighted by Crippen LogP contribution is -2.28. The highest BCUT2D eigenvalue weighted by Crippen LogP contribution is 2.25. The van der Waals surface area contributed by atoms with Crippen molar-refractivity contribution in [3.05, 3.63) is 23.0 Å². The topological polar surface area (TPSA) is 65.4 Å². The molecule has 0 radical (unpaired) electrons. The fraction of sp³-hybridized carbons (Fsp3) is 0.667. The van der Waals surface area contributed by atoms with Gasteiger partial charge >= 0.3 is 0 Å². The summed E-state index contributed by atoms with van der Waals surface area (Å²) >= 11 is 0. The molecule has 0 unspecified atom stereocenters. The van der Waals surface area contributed by atoms with Crippen molar-refractivity contribution in [2.45, 2.75) is 64.6 Å². The molecule has 106 valence electrons. The Morgan fingerprint density at radius 2 is 1.95 bits per heavy atom. The van der Waals surface area contributed by atoms with Crippen LogP contribution >= 0.6 is 0 Å². The van der Waals surface area contributed by atoms with Gasteiger partial charge in [-0.2, -0.15) is 0 Å². The molecule has 1 fully saturated rings. The molecular formula is C15H24N2O2. The van der Waals surface area contributed by atoms with Crippen LogP contribution in [-0.2, 0) is 13.2 Å². The second-order valence-electron chi connectivity index (χ2n) is 5.42. The van der Waals surface area contributed by atoms with Crippen LogP contribution in [0.5, 0.6) is 5.75 Å². The van der Waals surface area contributed by atoms with Crippen LogP contribution in [0.15, 0.2) is 6.20 Å². The number of rotatable bonds is 4. The Morgan fingerprint density at radius 3 is 2.58 bits per heavy atom. The maximum Gasteiger partial charge on any atom is 0.141 e. The molecule has 0 saturated heterocycles. The summed E-state index contributed by atoms with van der Waals surface area (Å²) in [5, 5.41) is 22.9. The lowest BCUT2D eigenvalue weighted by atomic mass is 10.1. The van der Waals surface area contributed by atoms with Crippen molar-refractivity contribution < 1.29 is 10.2 Å². The van der Waals surface area contributed by atoms with Crippen LogP contribution in [0.2, 0.25) is 0 Å². The van der Waals surface area contributed by atoms with Crippen molar-refractivity contribution in [1.82, 2.24) is 10.3 Å². The summed E-state index contributed by atoms with van der Waals surface area (Å²) in [6.07, 6.45) is 9.30. The Balaban J connectivity index is 2.03. The number of aryl methyl sites for hydroxylation is 1. The molecule has 0 amide bonds. The van der Waals surface area contributed by atoms with E-state index in [1.807, 2.05) is 0 Å². The van der Waals surface area contributed by atoms with Gasteiger partial charge in [0, 0.05) is 29.9 Å². The Hall–Kier alpha value is -1.13. The molecule has 1 aliphatic carbocycles. The number of aliphatic hydroxyl groups is 1. The average molecular weight is 264 g/mol. The first-order valence-corrected chi connectivity index (χ1v) is 7.23. The molecule has 2 rings (SSSR count). The van der Waals surface area contributed by atoms with Gasteiger partial charge in [0.2, 0.25) is 0 Å². The van der Waals surface area contributed by atoms with Gasteiger partial charge in [-0.15, -0.1) is 0 Å². The lowest BCUT2D eigenvalue weighted by Gasteiger charge is -2.18. The van der Waals surface area contributed by atoms with Crippen LogP contribution in [0.4, 0.5) is 0 Å². The van der Waals surface area contributed by atoms with Crippen molar-refractivity contribution in [1.29, 1.82) is 0 Å². The average Bonchev–Trinajstić information content (AvgIpc) is 2.69. The molecule has 0 bridgehead atoms. The zero-order valence-corrected chi connectivity index (χ0v) is 11.7. The lowest BCUT2D eigenvalue weighted by molar-refractivity contribution is 0.278. The quantitative estimate of drug-likeness (QED) is 0.731. The third kappa shape index (κ3) is 3.67. The third-order valence-electron chi connectivity index (χ3n) is 4.02. The molecule has 3 N–H and O–H groups in total. The van der Waals surface area contributed by atoms with Gasteiger partial charge < -0.3 is 15.5 Å². The number of aromatic nitrogens is 1. The molecule has 0 spiro atoms. The fourth-order valence-corrected chi connectivity index (χ4v) is 2.75. The van der Waals surface area contributed by atoms with Crippen LogP contribution in [0.25, 0.3) is 0 Å². The number of nitrogens with zero attached hydrogens (tertiary/aromatic N) is 1. The summed E-state index contributed by atoms with van der Waals surface area (Å²) in [7, 11) is 0. The van der Waals surface area contributed by atoms with Gasteiger partial charge in [-0.25, -0.2) is 0 Å². The van der Waals surface area contributed by atoms with Crippen LogP contribution in [0, 0.1) is 6.92 Å². The first kappa shape index (κ1) is 14.3. The predicted molar refractivity (Wildman–Crippen MR) is 74.9 cm³/mol. The first-order chi connectivity index (χ1) is 9.22. The summed E-state index contributed by atoms with van der Waals surface area (Å²) in [5.74, 6) is 0.215. The normalized spacial score (nSPS) is 17.4. The number of hydrogen-bond acceptors (Lipinski definition) is 4. The number of pyridine rings is 1. The monoisotopic (exact) mass is 264 g/mol. The number of aliphatic hydroxyl groups excluding tert-OH is 1. The van der Waals surface area contributed by atoms with Gasteiger partial charge in [0.25, 0.3) is 0 Å². The van der Waals surface area contributed by atoms with Gasteiger partial charge in [-0.05, 0) is 19.8 Å². The third-order valence-corrected chi connectivity index (χ3v) is 4.02.